The minimum absolute atomic E-state index is 0.198. The van der Waals surface area contributed by atoms with Crippen molar-refractivity contribution in [2.24, 2.45) is 0 Å². The van der Waals surface area contributed by atoms with E-state index in [0.717, 1.165) is 29.9 Å². The van der Waals surface area contributed by atoms with Crippen LogP contribution in [0.1, 0.15) is 41.6 Å². The number of nitrogens with one attached hydrogen (secondary N) is 1. The average Bonchev–Trinajstić information content (AvgIpc) is 3.10. The first-order valence-electron chi connectivity index (χ1n) is 10.5. The van der Waals surface area contributed by atoms with Gasteiger partial charge in [-0.3, -0.25) is 4.79 Å². The van der Waals surface area contributed by atoms with Crippen LogP contribution in [0.15, 0.2) is 72.8 Å². The van der Waals surface area contributed by atoms with E-state index in [2.05, 4.69) is 22.4 Å². The Hall–Kier alpha value is -3.58. The molecule has 4 rings (SSSR count). The second-order valence-electron chi connectivity index (χ2n) is 7.64. The standard InChI is InChI=1S/C26H25N3O/c27-19-23-17-21(20-9-4-3-5-10-20)13-14-25(23)28-26(30)22-11-8-12-24(18-22)29-15-6-1-2-7-16-29/h3-5,8-14,17-18H,1-2,6-7,15-16H2,(H,28,30). The molecule has 30 heavy (non-hydrogen) atoms. The lowest BCUT2D eigenvalue weighted by molar-refractivity contribution is 0.102. The number of hydrogen-bond acceptors (Lipinski definition) is 3. The van der Waals surface area contributed by atoms with E-state index in [4.69, 9.17) is 0 Å². The molecule has 3 aromatic carbocycles. The van der Waals surface area contributed by atoms with Gasteiger partial charge < -0.3 is 10.2 Å². The molecule has 1 aliphatic heterocycles. The molecule has 1 fully saturated rings. The molecular formula is C26H25N3O. The minimum Gasteiger partial charge on any atom is -0.372 e. The van der Waals surface area contributed by atoms with Crippen LogP contribution in [-0.2, 0) is 0 Å². The third kappa shape index (κ3) is 4.52. The molecule has 1 aliphatic rings. The summed E-state index contributed by atoms with van der Waals surface area (Å²) in [4.78, 5) is 15.3. The predicted molar refractivity (Wildman–Crippen MR) is 122 cm³/mol. The molecule has 0 spiro atoms. The summed E-state index contributed by atoms with van der Waals surface area (Å²) in [5.74, 6) is -0.198. The summed E-state index contributed by atoms with van der Waals surface area (Å²) >= 11 is 0. The number of anilines is 2. The molecule has 0 radical (unpaired) electrons. The lowest BCUT2D eigenvalue weighted by Crippen LogP contribution is -2.24. The smallest absolute Gasteiger partial charge is 0.255 e. The summed E-state index contributed by atoms with van der Waals surface area (Å²) in [5, 5.41) is 12.5. The monoisotopic (exact) mass is 395 g/mol. The van der Waals surface area contributed by atoms with Crippen molar-refractivity contribution in [3.63, 3.8) is 0 Å². The maximum Gasteiger partial charge on any atom is 0.255 e. The van der Waals surface area contributed by atoms with Crippen molar-refractivity contribution in [2.75, 3.05) is 23.3 Å². The van der Waals surface area contributed by atoms with Crippen LogP contribution >= 0.6 is 0 Å². The molecule has 4 nitrogen and oxygen atoms in total. The summed E-state index contributed by atoms with van der Waals surface area (Å²) in [6.07, 6.45) is 4.92. The van der Waals surface area contributed by atoms with Gasteiger partial charge in [-0.15, -0.1) is 0 Å². The van der Waals surface area contributed by atoms with Gasteiger partial charge in [0.2, 0.25) is 0 Å². The Bertz CT molecular complexity index is 1060. The molecule has 0 unspecified atom stereocenters. The SMILES string of the molecule is N#Cc1cc(-c2ccccc2)ccc1NC(=O)c1cccc(N2CCCCCC2)c1. The van der Waals surface area contributed by atoms with Crippen LogP contribution in [0, 0.1) is 11.3 Å². The van der Waals surface area contributed by atoms with Crippen molar-refractivity contribution in [1.82, 2.24) is 0 Å². The third-order valence-electron chi connectivity index (χ3n) is 5.57. The molecule has 4 heteroatoms. The number of benzene rings is 3. The fourth-order valence-electron chi connectivity index (χ4n) is 3.92. The molecule has 3 aromatic rings. The molecule has 0 aromatic heterocycles. The maximum absolute atomic E-state index is 12.9. The van der Waals surface area contributed by atoms with E-state index in [9.17, 15) is 10.1 Å². The van der Waals surface area contributed by atoms with Crippen molar-refractivity contribution in [2.45, 2.75) is 25.7 Å². The second kappa shape index (κ2) is 9.28. The summed E-state index contributed by atoms with van der Waals surface area (Å²) < 4.78 is 0. The zero-order valence-corrected chi connectivity index (χ0v) is 17.0. The maximum atomic E-state index is 12.9. The van der Waals surface area contributed by atoms with E-state index in [1.54, 1.807) is 6.07 Å². The molecule has 1 amide bonds. The number of rotatable bonds is 4. The van der Waals surface area contributed by atoms with E-state index in [0.29, 0.717) is 16.8 Å². The third-order valence-corrected chi connectivity index (χ3v) is 5.57. The highest BCUT2D eigenvalue weighted by atomic mass is 16.1. The average molecular weight is 396 g/mol. The van der Waals surface area contributed by atoms with E-state index in [1.165, 1.54) is 25.7 Å². The normalized spacial score (nSPS) is 13.9. The highest BCUT2D eigenvalue weighted by Gasteiger charge is 2.14. The van der Waals surface area contributed by atoms with Gasteiger partial charge in [0, 0.05) is 24.3 Å². The fourth-order valence-corrected chi connectivity index (χ4v) is 3.92. The first-order chi connectivity index (χ1) is 14.7. The van der Waals surface area contributed by atoms with Crippen LogP contribution in [0.25, 0.3) is 11.1 Å². The second-order valence-corrected chi connectivity index (χ2v) is 7.64. The Labute approximate surface area is 177 Å². The van der Waals surface area contributed by atoms with E-state index < -0.39 is 0 Å². The van der Waals surface area contributed by atoms with Gasteiger partial charge in [-0.2, -0.15) is 5.26 Å². The van der Waals surface area contributed by atoms with Gasteiger partial charge in [0.15, 0.2) is 0 Å². The van der Waals surface area contributed by atoms with Crippen LogP contribution in [-0.4, -0.2) is 19.0 Å². The van der Waals surface area contributed by atoms with E-state index in [-0.39, 0.29) is 5.91 Å². The number of carbonyl (C=O) groups excluding carboxylic acids is 1. The lowest BCUT2D eigenvalue weighted by Gasteiger charge is -2.23. The summed E-state index contributed by atoms with van der Waals surface area (Å²) in [5.41, 5.74) is 4.67. The molecule has 0 saturated carbocycles. The van der Waals surface area contributed by atoms with Crippen molar-refractivity contribution >= 4 is 17.3 Å². The molecular weight excluding hydrogens is 370 g/mol. The largest absolute Gasteiger partial charge is 0.372 e. The number of carbonyl (C=O) groups is 1. The molecule has 0 bridgehead atoms. The van der Waals surface area contributed by atoms with Gasteiger partial charge in [0.1, 0.15) is 6.07 Å². The van der Waals surface area contributed by atoms with Crippen LogP contribution < -0.4 is 10.2 Å². The summed E-state index contributed by atoms with van der Waals surface area (Å²) in [6.45, 7) is 2.06. The minimum atomic E-state index is -0.198. The van der Waals surface area contributed by atoms with E-state index >= 15 is 0 Å². The molecule has 0 aliphatic carbocycles. The Morgan fingerprint density at radius 3 is 2.33 bits per heavy atom. The van der Waals surface area contributed by atoms with Crippen molar-refractivity contribution in [1.29, 1.82) is 5.26 Å². The Morgan fingerprint density at radius 1 is 0.833 bits per heavy atom. The molecule has 0 atom stereocenters. The quantitative estimate of drug-likeness (QED) is 0.602. The van der Waals surface area contributed by atoms with Gasteiger partial charge in [-0.25, -0.2) is 0 Å². The fraction of sp³-hybridized carbons (Fsp3) is 0.231. The van der Waals surface area contributed by atoms with Crippen molar-refractivity contribution in [3.8, 4) is 17.2 Å². The van der Waals surface area contributed by atoms with Crippen LogP contribution in [0.2, 0.25) is 0 Å². The van der Waals surface area contributed by atoms with Gasteiger partial charge in [-0.05, 0) is 54.3 Å². The Kier molecular flexibility index (Phi) is 6.10. The predicted octanol–water partition coefficient (Wildman–Crippen LogP) is 5.86. The number of amides is 1. The lowest BCUT2D eigenvalue weighted by atomic mass is 10.0. The topological polar surface area (TPSA) is 56.1 Å². The van der Waals surface area contributed by atoms with Gasteiger partial charge >= 0.3 is 0 Å². The molecule has 1 saturated heterocycles. The number of nitrogens with zero attached hydrogens (tertiary/aromatic N) is 2. The van der Waals surface area contributed by atoms with Gasteiger partial charge in [0.05, 0.1) is 11.3 Å². The number of nitriles is 1. The first-order valence-corrected chi connectivity index (χ1v) is 10.5. The zero-order chi connectivity index (χ0) is 20.8. The molecule has 1 N–H and O–H groups in total. The van der Waals surface area contributed by atoms with Gasteiger partial charge in [-0.1, -0.05) is 55.3 Å². The zero-order valence-electron chi connectivity index (χ0n) is 17.0. The molecule has 1 heterocycles. The Morgan fingerprint density at radius 2 is 1.60 bits per heavy atom. The highest BCUT2D eigenvalue weighted by Crippen LogP contribution is 2.26. The van der Waals surface area contributed by atoms with Crippen molar-refractivity contribution < 1.29 is 4.79 Å². The number of hydrogen-bond donors (Lipinski definition) is 1. The van der Waals surface area contributed by atoms with E-state index in [1.807, 2.05) is 60.7 Å². The van der Waals surface area contributed by atoms with Crippen molar-refractivity contribution in [3.05, 3.63) is 83.9 Å². The van der Waals surface area contributed by atoms with Crippen LogP contribution in [0.3, 0.4) is 0 Å². The summed E-state index contributed by atoms with van der Waals surface area (Å²) in [7, 11) is 0. The van der Waals surface area contributed by atoms with Gasteiger partial charge in [0.25, 0.3) is 5.91 Å². The first kappa shape index (κ1) is 19.7. The molecule has 150 valence electrons. The summed E-state index contributed by atoms with van der Waals surface area (Å²) in [6, 6.07) is 25.4. The highest BCUT2D eigenvalue weighted by molar-refractivity contribution is 6.05. The Balaban J connectivity index is 1.54. The van der Waals surface area contributed by atoms with Crippen LogP contribution in [0.5, 0.6) is 0 Å². The van der Waals surface area contributed by atoms with Crippen LogP contribution in [0.4, 0.5) is 11.4 Å².